The molecule has 0 saturated carbocycles. The zero-order chi connectivity index (χ0) is 81.3. The second-order valence-corrected chi connectivity index (χ2v) is 27.7. The summed E-state index contributed by atoms with van der Waals surface area (Å²) in [5.41, 5.74) is 1.54. The fourth-order valence-electron chi connectivity index (χ4n) is 14.9. The van der Waals surface area contributed by atoms with Crippen LogP contribution >= 0.6 is 0 Å². The van der Waals surface area contributed by atoms with Crippen molar-refractivity contribution in [1.82, 2.24) is 9.80 Å². The zero-order valence-electron chi connectivity index (χ0n) is 63.5. The number of carbonyl (C=O) groups excluding carboxylic acids is 11. The van der Waals surface area contributed by atoms with E-state index in [2.05, 4.69) is 0 Å². The van der Waals surface area contributed by atoms with Crippen molar-refractivity contribution in [3.8, 4) is 11.5 Å². The van der Waals surface area contributed by atoms with Gasteiger partial charge in [-0.05, 0) is 59.7 Å². The molecule has 0 radical (unpaired) electrons. The van der Waals surface area contributed by atoms with E-state index in [9.17, 15) is 33.6 Å². The molecule has 608 valence electrons. The van der Waals surface area contributed by atoms with Gasteiger partial charge in [0.05, 0.1) is 55.8 Å². The standard InChI is InChI=1S/C82H84N2O31/c1-42(85)98-39-59-65(102-44(3)87)69(104-46(5)89)63(84-76(94)56-30-20-21-31-57(56)77(84)95)80(109-59)115-73-70(105-47(6)90)66(103-45(4)88)60(40-99-43(2)86)110-82(73)114-71-67-61(41-101-78(112-67)51-26-16-11-17-27-51)111-81(72(71)106-48(7)91)113-64-58(38-97-36-49-22-12-9-13-23-49)108-79(107-53-34-32-52(96-8)33-35-53)62(68(64)100-37-50-24-14-10-15-25-50)83-74(92)54-28-18-19-29-55(54)75(83)93/h9-35,58-73,78-82H,36-41H2,1-8H3/t58-,59-,60-,61-,62-,63-,64-,65-,66-,67-,68-,69-,70+,71+,72+,73+,78-,79-,80+,81+,82-/m1/s1. The van der Waals surface area contributed by atoms with Gasteiger partial charge in [-0.25, -0.2) is 0 Å². The molecule has 5 saturated heterocycles. The highest BCUT2D eigenvalue weighted by Crippen LogP contribution is 2.45. The highest BCUT2D eigenvalue weighted by Gasteiger charge is 2.64. The summed E-state index contributed by atoms with van der Waals surface area (Å²) in [4.78, 5) is 157. The Morgan fingerprint density at radius 1 is 0.374 bits per heavy atom. The van der Waals surface area contributed by atoms with Gasteiger partial charge in [0.2, 0.25) is 6.29 Å². The van der Waals surface area contributed by atoms with Crippen molar-refractivity contribution in [3.63, 3.8) is 0 Å². The minimum absolute atomic E-state index is 0.0214. The number of imide groups is 2. The summed E-state index contributed by atoms with van der Waals surface area (Å²) in [6.45, 7) is 4.45. The number of ether oxygens (including phenoxy) is 20. The summed E-state index contributed by atoms with van der Waals surface area (Å²) < 4.78 is 130. The number of methoxy groups -OCH3 is 1. The summed E-state index contributed by atoms with van der Waals surface area (Å²) in [5, 5.41) is 0. The molecule has 7 aliphatic rings. The lowest BCUT2D eigenvalue weighted by molar-refractivity contribution is -0.412. The van der Waals surface area contributed by atoms with Crippen LogP contribution in [0.3, 0.4) is 0 Å². The first-order valence-electron chi connectivity index (χ1n) is 37.0. The van der Waals surface area contributed by atoms with Crippen LogP contribution in [0.5, 0.6) is 11.5 Å². The SMILES string of the molecule is COc1ccc(O[C@@H]2O[C@H](COCc3ccccc3)[C@@H](O[C@@H]3O[C@@H]4CO[C@@H](c5ccccc5)O[C@H]4[C@H](O[C@H]4O[C@H](COC(C)=O)[C@@H](OC(C)=O)[C@H](OC(C)=O)[C@@H]4O[C@@H]4O[C@H](COC(C)=O)[C@@H](OC(C)=O)[C@H](OC(C)=O)[C@H]4N4C(=O)c5ccccc5C4=O)[C@@H]3OC(C)=O)[C@H](OCc3ccccc3)[C@H]2N2C(=O)c3ccccc3C2=O)cc1. The molecule has 33 heteroatoms. The van der Waals surface area contributed by atoms with E-state index in [0.717, 1.165) is 58.9 Å². The number of amides is 4. The third kappa shape index (κ3) is 18.7. The molecular formula is C82H84N2O31. The molecule has 0 N–H and O–H groups in total. The average molecular weight is 1590 g/mol. The van der Waals surface area contributed by atoms with Crippen molar-refractivity contribution in [3.05, 3.63) is 203 Å². The van der Waals surface area contributed by atoms with Gasteiger partial charge >= 0.3 is 41.8 Å². The lowest BCUT2D eigenvalue weighted by Crippen LogP contribution is -2.72. The summed E-state index contributed by atoms with van der Waals surface area (Å²) >= 11 is 0. The predicted octanol–water partition coefficient (Wildman–Crippen LogP) is 6.16. The number of carbonyl (C=O) groups is 11. The van der Waals surface area contributed by atoms with Crippen molar-refractivity contribution < 1.29 is 147 Å². The molecule has 7 heterocycles. The van der Waals surface area contributed by atoms with Gasteiger partial charge in [0, 0.05) is 54.0 Å². The predicted molar refractivity (Wildman–Crippen MR) is 387 cm³/mol. The van der Waals surface area contributed by atoms with E-state index in [1.54, 1.807) is 97.1 Å². The maximum atomic E-state index is 15.3. The van der Waals surface area contributed by atoms with Gasteiger partial charge in [-0.3, -0.25) is 62.5 Å². The summed E-state index contributed by atoms with van der Waals surface area (Å²) in [6, 6.07) is 41.1. The van der Waals surface area contributed by atoms with Gasteiger partial charge in [0.1, 0.15) is 85.6 Å². The van der Waals surface area contributed by atoms with Crippen LogP contribution in [-0.2, 0) is 132 Å². The van der Waals surface area contributed by atoms with Crippen molar-refractivity contribution >= 4 is 65.4 Å². The minimum atomic E-state index is -2.28. The number of hydrogen-bond donors (Lipinski definition) is 0. The number of hydrogen-bond acceptors (Lipinski definition) is 31. The number of nitrogens with zero attached hydrogens (tertiary/aromatic N) is 2. The first-order chi connectivity index (χ1) is 55.4. The number of esters is 7. The number of benzene rings is 6. The maximum absolute atomic E-state index is 15.3. The molecule has 33 nitrogen and oxygen atoms in total. The van der Waals surface area contributed by atoms with E-state index in [1.807, 2.05) is 30.3 Å². The van der Waals surface area contributed by atoms with Crippen molar-refractivity contribution in [2.24, 2.45) is 0 Å². The Kier molecular flexibility index (Phi) is 26.2. The fraction of sp³-hybridized carbons (Fsp3) is 0.427. The number of rotatable bonds is 28. The molecule has 6 aromatic carbocycles. The van der Waals surface area contributed by atoms with Crippen LogP contribution in [0.2, 0.25) is 0 Å². The Hall–Kier alpha value is -11.0. The topological polar surface area (TPSA) is 379 Å². The van der Waals surface area contributed by atoms with Gasteiger partial charge in [-0.2, -0.15) is 0 Å². The lowest BCUT2D eigenvalue weighted by atomic mass is 9.93. The van der Waals surface area contributed by atoms with Crippen molar-refractivity contribution in [1.29, 1.82) is 0 Å². The Morgan fingerprint density at radius 2 is 0.783 bits per heavy atom. The molecule has 0 unspecified atom stereocenters. The molecule has 6 aromatic rings. The van der Waals surface area contributed by atoms with Crippen LogP contribution < -0.4 is 9.47 Å². The van der Waals surface area contributed by atoms with Crippen molar-refractivity contribution in [2.45, 2.75) is 191 Å². The second kappa shape index (κ2) is 36.7. The smallest absolute Gasteiger partial charge is 0.303 e. The summed E-state index contributed by atoms with van der Waals surface area (Å²) in [5.74, 6) is -9.97. The van der Waals surface area contributed by atoms with Gasteiger partial charge < -0.3 is 94.7 Å². The first kappa shape index (κ1) is 82.0. The average Bonchev–Trinajstić information content (AvgIpc) is 1.69. The fourth-order valence-corrected chi connectivity index (χ4v) is 14.9. The second-order valence-electron chi connectivity index (χ2n) is 27.7. The van der Waals surface area contributed by atoms with Gasteiger partial charge in [-0.15, -0.1) is 0 Å². The largest absolute Gasteiger partial charge is 0.497 e. The zero-order valence-corrected chi connectivity index (χ0v) is 63.5. The van der Waals surface area contributed by atoms with Crippen LogP contribution in [-0.4, -0.2) is 231 Å². The van der Waals surface area contributed by atoms with E-state index < -0.39 is 214 Å². The van der Waals surface area contributed by atoms with E-state index >= 15 is 19.2 Å². The molecule has 0 aromatic heterocycles. The van der Waals surface area contributed by atoms with Gasteiger partial charge in [0.25, 0.3) is 23.6 Å². The van der Waals surface area contributed by atoms with Crippen LogP contribution in [0.15, 0.2) is 164 Å². The highest BCUT2D eigenvalue weighted by atomic mass is 16.8. The van der Waals surface area contributed by atoms with Crippen LogP contribution in [0.1, 0.15) is 113 Å². The Morgan fingerprint density at radius 3 is 1.30 bits per heavy atom. The lowest BCUT2D eigenvalue weighted by Gasteiger charge is -2.53. The highest BCUT2D eigenvalue weighted by molar-refractivity contribution is 6.22. The molecule has 7 aliphatic heterocycles. The molecule has 115 heavy (non-hydrogen) atoms. The van der Waals surface area contributed by atoms with Crippen LogP contribution in [0, 0.1) is 0 Å². The Balaban J connectivity index is 0.983. The third-order valence-corrected chi connectivity index (χ3v) is 19.7. The molecule has 0 aliphatic carbocycles. The Bertz CT molecular complexity index is 4450. The summed E-state index contributed by atoms with van der Waals surface area (Å²) in [7, 11) is 1.48. The molecule has 21 atom stereocenters. The van der Waals surface area contributed by atoms with Gasteiger partial charge in [0.15, 0.2) is 61.8 Å². The molecule has 4 amide bonds. The molecule has 13 rings (SSSR count). The summed E-state index contributed by atoms with van der Waals surface area (Å²) in [6.07, 6.45) is -34.5. The first-order valence-corrected chi connectivity index (χ1v) is 37.0. The minimum Gasteiger partial charge on any atom is -0.497 e. The third-order valence-electron chi connectivity index (χ3n) is 19.7. The van der Waals surface area contributed by atoms with E-state index in [-0.39, 0.29) is 47.8 Å². The van der Waals surface area contributed by atoms with Crippen LogP contribution in [0.4, 0.5) is 0 Å². The van der Waals surface area contributed by atoms with Gasteiger partial charge in [-0.1, -0.05) is 115 Å². The normalized spacial score (nSPS) is 29.5. The molecular weight excluding hydrogens is 1510 g/mol. The Labute approximate surface area is 658 Å². The van der Waals surface area contributed by atoms with E-state index in [0.29, 0.717) is 21.8 Å². The molecule has 0 spiro atoms. The quantitative estimate of drug-likeness (QED) is 0.0301. The van der Waals surface area contributed by atoms with E-state index in [4.69, 9.17) is 94.7 Å². The maximum Gasteiger partial charge on any atom is 0.303 e. The number of fused-ring (bicyclic) bond motifs is 3. The monoisotopic (exact) mass is 1590 g/mol. The van der Waals surface area contributed by atoms with Crippen molar-refractivity contribution in [2.75, 3.05) is 33.5 Å². The molecule has 0 bridgehead atoms. The molecule has 5 fully saturated rings. The van der Waals surface area contributed by atoms with Crippen LogP contribution in [0.25, 0.3) is 0 Å². The van der Waals surface area contributed by atoms with E-state index in [1.165, 1.54) is 43.5 Å².